The van der Waals surface area contributed by atoms with Crippen molar-refractivity contribution in [3.05, 3.63) is 63.8 Å². The first-order chi connectivity index (χ1) is 12.5. The summed E-state index contributed by atoms with van der Waals surface area (Å²) in [5.74, 6) is 0.619. The minimum absolute atomic E-state index is 0.00660. The number of rotatable bonds is 6. The Labute approximate surface area is 148 Å². The van der Waals surface area contributed by atoms with Crippen molar-refractivity contribution in [2.75, 3.05) is 14.2 Å². The van der Waals surface area contributed by atoms with Crippen LogP contribution in [0.4, 0.5) is 5.69 Å². The SMILES string of the molecule is COc1cc(OC)c2[nH]c(C(=O)OCc3ccc([N+](=O)[O-])cc3)cc2c1. The zero-order valence-corrected chi connectivity index (χ0v) is 14.1. The Balaban J connectivity index is 1.76. The number of nitrogens with zero attached hydrogens (tertiary/aromatic N) is 1. The molecule has 134 valence electrons. The molecule has 26 heavy (non-hydrogen) atoms. The molecule has 1 N–H and O–H groups in total. The lowest BCUT2D eigenvalue weighted by Crippen LogP contribution is -2.05. The summed E-state index contributed by atoms with van der Waals surface area (Å²) in [6, 6.07) is 11.0. The maximum Gasteiger partial charge on any atom is 0.355 e. The molecule has 0 saturated carbocycles. The third kappa shape index (κ3) is 3.44. The van der Waals surface area contributed by atoms with Gasteiger partial charge in [0, 0.05) is 23.6 Å². The number of aromatic amines is 1. The van der Waals surface area contributed by atoms with Gasteiger partial charge in [-0.15, -0.1) is 0 Å². The number of benzene rings is 2. The average Bonchev–Trinajstić information content (AvgIpc) is 3.09. The lowest BCUT2D eigenvalue weighted by molar-refractivity contribution is -0.384. The average molecular weight is 356 g/mol. The van der Waals surface area contributed by atoms with E-state index < -0.39 is 10.9 Å². The molecule has 0 aliphatic rings. The second-order valence-electron chi connectivity index (χ2n) is 5.48. The molecular weight excluding hydrogens is 340 g/mol. The third-order valence-corrected chi connectivity index (χ3v) is 3.86. The first kappa shape index (κ1) is 17.3. The summed E-state index contributed by atoms with van der Waals surface area (Å²) in [7, 11) is 3.08. The zero-order chi connectivity index (χ0) is 18.7. The van der Waals surface area contributed by atoms with Crippen molar-refractivity contribution in [2.45, 2.75) is 6.61 Å². The lowest BCUT2D eigenvalue weighted by Gasteiger charge is -2.05. The number of aromatic nitrogens is 1. The van der Waals surface area contributed by atoms with Crippen LogP contribution in [0.15, 0.2) is 42.5 Å². The number of hydrogen-bond acceptors (Lipinski definition) is 6. The second-order valence-corrected chi connectivity index (χ2v) is 5.48. The number of carbonyl (C=O) groups is 1. The molecule has 3 rings (SSSR count). The summed E-state index contributed by atoms with van der Waals surface area (Å²) in [6.07, 6.45) is 0. The summed E-state index contributed by atoms with van der Waals surface area (Å²) < 4.78 is 15.8. The Kier molecular flexibility index (Phi) is 4.74. The zero-order valence-electron chi connectivity index (χ0n) is 14.1. The highest BCUT2D eigenvalue weighted by atomic mass is 16.6. The van der Waals surface area contributed by atoms with Crippen molar-refractivity contribution in [1.29, 1.82) is 0 Å². The van der Waals surface area contributed by atoms with E-state index in [2.05, 4.69) is 4.98 Å². The van der Waals surface area contributed by atoms with Gasteiger partial charge < -0.3 is 19.2 Å². The van der Waals surface area contributed by atoms with Gasteiger partial charge in [-0.1, -0.05) is 0 Å². The molecule has 0 aliphatic carbocycles. The highest BCUT2D eigenvalue weighted by Crippen LogP contribution is 2.31. The van der Waals surface area contributed by atoms with Crippen LogP contribution in [0, 0.1) is 10.1 Å². The number of nitrogens with one attached hydrogen (secondary N) is 1. The van der Waals surface area contributed by atoms with E-state index in [9.17, 15) is 14.9 Å². The van der Waals surface area contributed by atoms with E-state index in [0.717, 1.165) is 5.39 Å². The molecule has 2 aromatic carbocycles. The fourth-order valence-electron chi connectivity index (χ4n) is 2.51. The molecular formula is C18H16N2O6. The maximum absolute atomic E-state index is 12.3. The van der Waals surface area contributed by atoms with Crippen molar-refractivity contribution in [3.8, 4) is 11.5 Å². The molecule has 0 atom stereocenters. The van der Waals surface area contributed by atoms with Crippen LogP contribution in [0.25, 0.3) is 10.9 Å². The first-order valence-corrected chi connectivity index (χ1v) is 7.67. The minimum atomic E-state index is -0.541. The van der Waals surface area contributed by atoms with Crippen molar-refractivity contribution in [2.24, 2.45) is 0 Å². The predicted molar refractivity (Wildman–Crippen MR) is 93.6 cm³/mol. The van der Waals surface area contributed by atoms with E-state index in [4.69, 9.17) is 14.2 Å². The lowest BCUT2D eigenvalue weighted by atomic mass is 10.2. The molecule has 1 heterocycles. The fourth-order valence-corrected chi connectivity index (χ4v) is 2.51. The number of H-pyrrole nitrogens is 1. The van der Waals surface area contributed by atoms with E-state index in [1.165, 1.54) is 19.2 Å². The molecule has 8 nitrogen and oxygen atoms in total. The van der Waals surface area contributed by atoms with Crippen LogP contribution in [0.2, 0.25) is 0 Å². The van der Waals surface area contributed by atoms with Crippen molar-refractivity contribution in [1.82, 2.24) is 4.98 Å². The number of non-ortho nitro benzene ring substituents is 1. The fraction of sp³-hybridized carbons (Fsp3) is 0.167. The quantitative estimate of drug-likeness (QED) is 0.412. The van der Waals surface area contributed by atoms with Crippen LogP contribution in [-0.4, -0.2) is 30.1 Å². The van der Waals surface area contributed by atoms with E-state index in [-0.39, 0.29) is 18.0 Å². The number of fused-ring (bicyclic) bond motifs is 1. The summed E-state index contributed by atoms with van der Waals surface area (Å²) in [4.78, 5) is 25.4. The summed E-state index contributed by atoms with van der Waals surface area (Å²) in [6.45, 7) is 0.00660. The maximum atomic E-state index is 12.3. The van der Waals surface area contributed by atoms with Gasteiger partial charge in [0.25, 0.3) is 5.69 Å². The van der Waals surface area contributed by atoms with Gasteiger partial charge in [0.05, 0.1) is 24.7 Å². The minimum Gasteiger partial charge on any atom is -0.497 e. The van der Waals surface area contributed by atoms with E-state index >= 15 is 0 Å². The normalized spacial score (nSPS) is 10.5. The molecule has 8 heteroatoms. The Morgan fingerprint density at radius 3 is 2.46 bits per heavy atom. The molecule has 3 aromatic rings. The van der Waals surface area contributed by atoms with Gasteiger partial charge in [0.15, 0.2) is 0 Å². The Morgan fingerprint density at radius 1 is 1.12 bits per heavy atom. The van der Waals surface area contributed by atoms with Crippen LogP contribution in [0.5, 0.6) is 11.5 Å². The van der Waals surface area contributed by atoms with E-state index in [0.29, 0.717) is 22.6 Å². The highest BCUT2D eigenvalue weighted by molar-refractivity contribution is 5.97. The molecule has 0 saturated heterocycles. The number of ether oxygens (including phenoxy) is 3. The van der Waals surface area contributed by atoms with Crippen LogP contribution in [-0.2, 0) is 11.3 Å². The van der Waals surface area contributed by atoms with Gasteiger partial charge in [0.2, 0.25) is 0 Å². The summed E-state index contributed by atoms with van der Waals surface area (Å²) in [5.41, 5.74) is 1.57. The van der Waals surface area contributed by atoms with Crippen molar-refractivity contribution in [3.63, 3.8) is 0 Å². The van der Waals surface area contributed by atoms with E-state index in [1.54, 1.807) is 37.4 Å². The van der Waals surface area contributed by atoms with Gasteiger partial charge in [-0.2, -0.15) is 0 Å². The number of carbonyl (C=O) groups excluding carboxylic acids is 1. The summed E-state index contributed by atoms with van der Waals surface area (Å²) in [5, 5.41) is 11.4. The Bertz CT molecular complexity index is 962. The number of hydrogen-bond donors (Lipinski definition) is 1. The largest absolute Gasteiger partial charge is 0.497 e. The molecule has 0 aliphatic heterocycles. The van der Waals surface area contributed by atoms with Crippen LogP contribution < -0.4 is 9.47 Å². The topological polar surface area (TPSA) is 104 Å². The second kappa shape index (κ2) is 7.14. The molecule has 0 unspecified atom stereocenters. The molecule has 0 bridgehead atoms. The number of nitro groups is 1. The molecule has 0 amide bonds. The van der Waals surface area contributed by atoms with Crippen LogP contribution >= 0.6 is 0 Å². The van der Waals surface area contributed by atoms with Crippen LogP contribution in [0.3, 0.4) is 0 Å². The van der Waals surface area contributed by atoms with Gasteiger partial charge in [-0.05, 0) is 29.8 Å². The van der Waals surface area contributed by atoms with E-state index in [1.807, 2.05) is 0 Å². The molecule has 0 radical (unpaired) electrons. The van der Waals surface area contributed by atoms with Crippen LogP contribution in [0.1, 0.15) is 16.1 Å². The number of nitro benzene ring substituents is 1. The predicted octanol–water partition coefficient (Wildman–Crippen LogP) is 3.45. The third-order valence-electron chi connectivity index (χ3n) is 3.86. The van der Waals surface area contributed by atoms with Crippen molar-refractivity contribution < 1.29 is 23.9 Å². The Morgan fingerprint density at radius 2 is 1.85 bits per heavy atom. The number of esters is 1. The highest BCUT2D eigenvalue weighted by Gasteiger charge is 2.15. The summed E-state index contributed by atoms with van der Waals surface area (Å²) >= 11 is 0. The van der Waals surface area contributed by atoms with Gasteiger partial charge in [-0.25, -0.2) is 4.79 Å². The van der Waals surface area contributed by atoms with Gasteiger partial charge in [0.1, 0.15) is 23.8 Å². The smallest absolute Gasteiger partial charge is 0.355 e. The number of methoxy groups -OCH3 is 2. The van der Waals surface area contributed by atoms with Crippen molar-refractivity contribution >= 4 is 22.6 Å². The Hall–Kier alpha value is -3.55. The van der Waals surface area contributed by atoms with Gasteiger partial charge in [-0.3, -0.25) is 10.1 Å². The molecule has 0 fully saturated rings. The molecule has 1 aromatic heterocycles. The monoisotopic (exact) mass is 356 g/mol. The van der Waals surface area contributed by atoms with Gasteiger partial charge >= 0.3 is 5.97 Å². The standard InChI is InChI=1S/C18H16N2O6/c1-24-14-7-12-8-15(19-17(12)16(9-14)25-2)18(21)26-10-11-3-5-13(6-4-11)20(22)23/h3-9,19H,10H2,1-2H3. The first-order valence-electron chi connectivity index (χ1n) is 7.67. The molecule has 0 spiro atoms.